The van der Waals surface area contributed by atoms with Gasteiger partial charge in [0.1, 0.15) is 11.3 Å². The van der Waals surface area contributed by atoms with E-state index in [4.69, 9.17) is 14.3 Å². The third-order valence-electron chi connectivity index (χ3n) is 4.76. The Balaban J connectivity index is 1.45. The number of hydrogen-bond acceptors (Lipinski definition) is 5. The van der Waals surface area contributed by atoms with Gasteiger partial charge in [-0.3, -0.25) is 9.59 Å². The normalized spacial score (nSPS) is 11.0. The van der Waals surface area contributed by atoms with Crippen molar-refractivity contribution in [3.63, 3.8) is 0 Å². The molecule has 1 heterocycles. The highest BCUT2D eigenvalue weighted by molar-refractivity contribution is 6.02. The summed E-state index contributed by atoms with van der Waals surface area (Å²) in [6.45, 7) is 0. The lowest BCUT2D eigenvalue weighted by Gasteiger charge is -2.07. The zero-order chi connectivity index (χ0) is 22.5. The second-order valence-corrected chi connectivity index (χ2v) is 7.04. The Morgan fingerprint density at radius 1 is 1.09 bits per heavy atom. The second-order valence-electron chi connectivity index (χ2n) is 7.04. The monoisotopic (exact) mass is 428 g/mol. The summed E-state index contributed by atoms with van der Waals surface area (Å²) < 4.78 is 11.0. The first-order valence-corrected chi connectivity index (χ1v) is 9.85. The lowest BCUT2D eigenvalue weighted by Crippen LogP contribution is -2.08. The minimum absolute atomic E-state index is 0.0657. The summed E-state index contributed by atoms with van der Waals surface area (Å²) >= 11 is 0. The van der Waals surface area contributed by atoms with Crippen LogP contribution in [0.5, 0.6) is 5.75 Å². The van der Waals surface area contributed by atoms with Gasteiger partial charge >= 0.3 is 5.97 Å². The van der Waals surface area contributed by atoms with Crippen LogP contribution in [0.1, 0.15) is 11.1 Å². The molecule has 0 unspecified atom stereocenters. The third-order valence-corrected chi connectivity index (χ3v) is 4.76. The van der Waals surface area contributed by atoms with Crippen molar-refractivity contribution < 1.29 is 23.8 Å². The van der Waals surface area contributed by atoms with E-state index in [-0.39, 0.29) is 12.3 Å². The summed E-state index contributed by atoms with van der Waals surface area (Å²) in [4.78, 5) is 27.6. The van der Waals surface area contributed by atoms with Gasteiger partial charge in [0, 0.05) is 11.6 Å². The van der Waals surface area contributed by atoms with Crippen molar-refractivity contribution in [2.75, 3.05) is 12.4 Å². The highest BCUT2D eigenvalue weighted by Gasteiger charge is 2.10. The maximum absolute atomic E-state index is 12.2. The van der Waals surface area contributed by atoms with Crippen LogP contribution < -0.4 is 10.1 Å². The number of amides is 1. The van der Waals surface area contributed by atoms with Crippen molar-refractivity contribution in [3.05, 3.63) is 83.9 Å². The van der Waals surface area contributed by atoms with Crippen LogP contribution in [0.3, 0.4) is 0 Å². The highest BCUT2D eigenvalue weighted by Crippen LogP contribution is 2.26. The second kappa shape index (κ2) is 9.18. The molecule has 1 aromatic heterocycles. The fourth-order valence-corrected chi connectivity index (χ4v) is 3.21. The van der Waals surface area contributed by atoms with Crippen molar-refractivity contribution in [2.45, 2.75) is 6.42 Å². The van der Waals surface area contributed by atoms with Gasteiger partial charge < -0.3 is 19.6 Å². The van der Waals surface area contributed by atoms with E-state index in [9.17, 15) is 9.59 Å². The van der Waals surface area contributed by atoms with Crippen LogP contribution in [0.25, 0.3) is 28.6 Å². The number of aromatic nitrogens is 1. The number of oxazole rings is 1. The first kappa shape index (κ1) is 20.9. The molecule has 0 aliphatic heterocycles. The Morgan fingerprint density at radius 3 is 2.62 bits per heavy atom. The molecule has 0 aliphatic carbocycles. The number of anilines is 1. The molecule has 3 aromatic carbocycles. The van der Waals surface area contributed by atoms with Crippen molar-refractivity contribution in [1.29, 1.82) is 0 Å². The summed E-state index contributed by atoms with van der Waals surface area (Å²) in [6.07, 6.45) is 3.09. The summed E-state index contributed by atoms with van der Waals surface area (Å²) in [5.41, 5.74) is 4.07. The number of aliphatic carboxylic acids is 1. The number of fused-ring (bicyclic) bond motifs is 1. The Hall–Kier alpha value is -4.39. The molecule has 0 radical (unpaired) electrons. The zero-order valence-electron chi connectivity index (χ0n) is 17.2. The topological polar surface area (TPSA) is 102 Å². The number of hydrogen-bond donors (Lipinski definition) is 2. The Kier molecular flexibility index (Phi) is 5.98. The fraction of sp³-hybridized carbons (Fsp3) is 0.0800. The average Bonchev–Trinajstić information content (AvgIpc) is 3.21. The van der Waals surface area contributed by atoms with E-state index in [0.29, 0.717) is 34.0 Å². The van der Waals surface area contributed by atoms with Crippen molar-refractivity contribution in [3.8, 4) is 17.2 Å². The lowest BCUT2D eigenvalue weighted by atomic mass is 10.1. The van der Waals surface area contributed by atoms with Gasteiger partial charge in [0.05, 0.1) is 19.2 Å². The smallest absolute Gasteiger partial charge is 0.307 e. The van der Waals surface area contributed by atoms with E-state index in [1.165, 1.54) is 6.08 Å². The van der Waals surface area contributed by atoms with Gasteiger partial charge in [-0.1, -0.05) is 30.3 Å². The molecule has 0 saturated heterocycles. The predicted molar refractivity (Wildman–Crippen MR) is 121 cm³/mol. The molecule has 0 atom stereocenters. The first-order valence-electron chi connectivity index (χ1n) is 9.85. The highest BCUT2D eigenvalue weighted by atomic mass is 16.5. The Labute approximate surface area is 184 Å². The molecule has 0 bridgehead atoms. The molecule has 0 spiro atoms. The van der Waals surface area contributed by atoms with Crippen LogP contribution >= 0.6 is 0 Å². The van der Waals surface area contributed by atoms with E-state index in [1.54, 1.807) is 43.5 Å². The van der Waals surface area contributed by atoms with E-state index in [2.05, 4.69) is 10.3 Å². The van der Waals surface area contributed by atoms with Gasteiger partial charge in [-0.2, -0.15) is 0 Å². The lowest BCUT2D eigenvalue weighted by molar-refractivity contribution is -0.136. The van der Waals surface area contributed by atoms with Crippen molar-refractivity contribution in [2.24, 2.45) is 0 Å². The van der Waals surface area contributed by atoms with Gasteiger partial charge in [0.15, 0.2) is 5.58 Å². The molecule has 0 fully saturated rings. The van der Waals surface area contributed by atoms with Crippen molar-refractivity contribution >= 4 is 34.7 Å². The molecule has 4 rings (SSSR count). The molecule has 32 heavy (non-hydrogen) atoms. The van der Waals surface area contributed by atoms with Crippen LogP contribution in [0.2, 0.25) is 0 Å². The molecule has 0 aliphatic rings. The predicted octanol–water partition coefficient (Wildman–Crippen LogP) is 4.78. The van der Waals surface area contributed by atoms with Gasteiger partial charge in [-0.05, 0) is 53.6 Å². The van der Waals surface area contributed by atoms with Gasteiger partial charge in [-0.15, -0.1) is 0 Å². The average molecular weight is 428 g/mol. The van der Waals surface area contributed by atoms with E-state index < -0.39 is 5.97 Å². The van der Waals surface area contributed by atoms with E-state index >= 15 is 0 Å². The summed E-state index contributed by atoms with van der Waals surface area (Å²) in [5.74, 6) is -0.132. The number of carboxylic acid groups (broad SMARTS) is 1. The standard InChI is InChI=1S/C25H20N2O5/c1-31-21-5-3-2-4-19(21)26-23(28)13-9-16-6-10-18(11-7-16)25-27-20-14-17(15-24(29)30)8-12-22(20)32-25/h2-14H,15H2,1H3,(H,26,28)(H,29,30)/b13-9+. The molecule has 4 aromatic rings. The van der Waals surface area contributed by atoms with Crippen LogP contribution in [0.4, 0.5) is 5.69 Å². The summed E-state index contributed by atoms with van der Waals surface area (Å²) in [7, 11) is 1.55. The number of carboxylic acids is 1. The van der Waals surface area contributed by atoms with Crippen LogP contribution in [-0.2, 0) is 16.0 Å². The number of ether oxygens (including phenoxy) is 1. The van der Waals surface area contributed by atoms with E-state index in [0.717, 1.165) is 11.1 Å². The van der Waals surface area contributed by atoms with Crippen LogP contribution in [0, 0.1) is 0 Å². The van der Waals surface area contributed by atoms with Gasteiger partial charge in [0.25, 0.3) is 0 Å². The van der Waals surface area contributed by atoms with Gasteiger partial charge in [0.2, 0.25) is 11.8 Å². The number of nitrogens with zero attached hydrogens (tertiary/aromatic N) is 1. The minimum Gasteiger partial charge on any atom is -0.495 e. The molecular formula is C25H20N2O5. The molecule has 1 amide bonds. The van der Waals surface area contributed by atoms with E-state index in [1.807, 2.05) is 36.4 Å². The third kappa shape index (κ3) is 4.84. The number of rotatable bonds is 7. The largest absolute Gasteiger partial charge is 0.495 e. The number of nitrogens with one attached hydrogen (secondary N) is 1. The fourth-order valence-electron chi connectivity index (χ4n) is 3.21. The number of benzene rings is 3. The number of carbonyl (C=O) groups is 2. The Morgan fingerprint density at radius 2 is 1.88 bits per heavy atom. The maximum atomic E-state index is 12.2. The quantitative estimate of drug-likeness (QED) is 0.411. The molecule has 7 nitrogen and oxygen atoms in total. The summed E-state index contributed by atoms with van der Waals surface area (Å²) in [5, 5.41) is 11.7. The molecule has 2 N–H and O–H groups in total. The molecule has 160 valence electrons. The van der Waals surface area contributed by atoms with Gasteiger partial charge in [-0.25, -0.2) is 4.98 Å². The minimum atomic E-state index is -0.895. The van der Waals surface area contributed by atoms with Crippen LogP contribution in [-0.4, -0.2) is 29.1 Å². The molecular weight excluding hydrogens is 408 g/mol. The molecule has 7 heteroatoms. The molecule has 0 saturated carbocycles. The number of methoxy groups -OCH3 is 1. The zero-order valence-corrected chi connectivity index (χ0v) is 17.2. The number of carbonyl (C=O) groups excluding carboxylic acids is 1. The maximum Gasteiger partial charge on any atom is 0.307 e. The summed E-state index contributed by atoms with van der Waals surface area (Å²) in [6, 6.07) is 19.8. The van der Waals surface area contributed by atoms with Crippen LogP contribution in [0.15, 0.2) is 77.2 Å². The Bertz CT molecular complexity index is 1310. The first-order chi connectivity index (χ1) is 15.5. The SMILES string of the molecule is COc1ccccc1NC(=O)/C=C/c1ccc(-c2nc3cc(CC(=O)O)ccc3o2)cc1. The number of para-hydroxylation sites is 2. The van der Waals surface area contributed by atoms with Crippen molar-refractivity contribution in [1.82, 2.24) is 4.98 Å².